The number of aliphatic hydroxyl groups excluding tert-OH is 1. The first-order chi connectivity index (χ1) is 15.2. The zero-order valence-corrected chi connectivity index (χ0v) is 17.6. The van der Waals surface area contributed by atoms with Crippen molar-refractivity contribution in [3.05, 3.63) is 65.3 Å². The zero-order valence-electron chi connectivity index (χ0n) is 16.8. The number of rotatable bonds is 8. The standard InChI is InChI=1S/C20H17F3N4O4S/c1-11(28)17(25-13-6-9-16(24-2)15(10-13)20(21,22)23)19-27-26-18(30-19)12-4-7-14(8-5-12)32-31-29-3/h4-11,17,25,28H,1,3H3/t11?,17-/m1/s1. The lowest BCUT2D eigenvalue weighted by Crippen LogP contribution is -2.23. The largest absolute Gasteiger partial charge is 0.418 e. The number of hydrogen-bond donors (Lipinski definition) is 2. The minimum absolute atomic E-state index is 0.0148. The molecule has 0 radical (unpaired) electrons. The quantitative estimate of drug-likeness (QED) is 0.197. The summed E-state index contributed by atoms with van der Waals surface area (Å²) >= 11 is 1.01. The van der Waals surface area contributed by atoms with Crippen LogP contribution in [-0.4, -0.2) is 28.5 Å². The van der Waals surface area contributed by atoms with Gasteiger partial charge in [0, 0.05) is 16.1 Å². The van der Waals surface area contributed by atoms with Crippen molar-refractivity contribution in [1.82, 2.24) is 10.2 Å². The third-order valence-electron chi connectivity index (χ3n) is 4.23. The molecule has 0 aliphatic rings. The lowest BCUT2D eigenvalue weighted by atomic mass is 10.1. The molecule has 0 aliphatic carbocycles. The Morgan fingerprint density at radius 3 is 2.50 bits per heavy atom. The molecule has 0 amide bonds. The van der Waals surface area contributed by atoms with Crippen molar-refractivity contribution >= 4 is 23.4 Å². The molecule has 2 atom stereocenters. The number of nitrogens with one attached hydrogen (secondary N) is 1. The fraction of sp³-hybridized carbons (Fsp3) is 0.250. The van der Waals surface area contributed by atoms with Crippen molar-refractivity contribution in [2.45, 2.75) is 30.1 Å². The van der Waals surface area contributed by atoms with Crippen molar-refractivity contribution in [2.24, 2.45) is 0 Å². The number of anilines is 1. The molecular formula is C20H17F3N4O4S. The Bertz CT molecular complexity index is 1100. The van der Waals surface area contributed by atoms with Crippen LogP contribution in [0.3, 0.4) is 0 Å². The van der Waals surface area contributed by atoms with Gasteiger partial charge < -0.3 is 14.8 Å². The van der Waals surface area contributed by atoms with E-state index < -0.39 is 29.6 Å². The third-order valence-corrected chi connectivity index (χ3v) is 4.90. The molecule has 2 N–H and O–H groups in total. The molecule has 3 aromatic rings. The van der Waals surface area contributed by atoms with E-state index in [2.05, 4.69) is 25.2 Å². The Kier molecular flexibility index (Phi) is 7.37. The van der Waals surface area contributed by atoms with Crippen LogP contribution >= 0.6 is 12.0 Å². The van der Waals surface area contributed by atoms with Gasteiger partial charge in [-0.1, -0.05) is 6.07 Å². The van der Waals surface area contributed by atoms with E-state index in [0.29, 0.717) is 5.56 Å². The molecule has 0 saturated heterocycles. The molecule has 0 fully saturated rings. The second kappa shape index (κ2) is 10.0. The van der Waals surface area contributed by atoms with Crippen LogP contribution in [0.1, 0.15) is 24.4 Å². The summed E-state index contributed by atoms with van der Waals surface area (Å²) in [5.74, 6) is 0.148. The van der Waals surface area contributed by atoms with Crippen molar-refractivity contribution < 1.29 is 31.9 Å². The van der Waals surface area contributed by atoms with Gasteiger partial charge in [0.25, 0.3) is 0 Å². The first kappa shape index (κ1) is 23.6. The normalized spacial score (nSPS) is 13.4. The second-order valence-electron chi connectivity index (χ2n) is 6.49. The third kappa shape index (κ3) is 5.57. The monoisotopic (exact) mass is 466 g/mol. The molecule has 0 aliphatic heterocycles. The predicted molar refractivity (Wildman–Crippen MR) is 109 cm³/mol. The Labute approximate surface area is 185 Å². The zero-order chi connectivity index (χ0) is 23.3. The van der Waals surface area contributed by atoms with Gasteiger partial charge in [-0.3, -0.25) is 0 Å². The lowest BCUT2D eigenvalue weighted by Gasteiger charge is -2.20. The molecule has 0 bridgehead atoms. The van der Waals surface area contributed by atoms with Gasteiger partial charge in [-0.25, -0.2) is 9.73 Å². The average molecular weight is 466 g/mol. The van der Waals surface area contributed by atoms with E-state index in [9.17, 15) is 18.3 Å². The molecule has 32 heavy (non-hydrogen) atoms. The van der Waals surface area contributed by atoms with Gasteiger partial charge in [0.1, 0.15) is 6.04 Å². The van der Waals surface area contributed by atoms with Crippen LogP contribution in [0.4, 0.5) is 24.5 Å². The van der Waals surface area contributed by atoms with Crippen LogP contribution in [0.2, 0.25) is 0 Å². The molecule has 2 aromatic carbocycles. The highest BCUT2D eigenvalue weighted by Gasteiger charge is 2.34. The smallest absolute Gasteiger partial charge is 0.407 e. The fourth-order valence-electron chi connectivity index (χ4n) is 2.72. The van der Waals surface area contributed by atoms with E-state index in [1.54, 1.807) is 24.3 Å². The molecule has 1 unspecified atom stereocenters. The number of benzene rings is 2. The number of aromatic nitrogens is 2. The van der Waals surface area contributed by atoms with Gasteiger partial charge in [-0.05, 0) is 43.3 Å². The van der Waals surface area contributed by atoms with Gasteiger partial charge in [-0.2, -0.15) is 17.5 Å². The topological polar surface area (TPSA) is 94.0 Å². The maximum atomic E-state index is 13.2. The number of alkyl halides is 3. The van der Waals surface area contributed by atoms with Crippen LogP contribution in [-0.2, 0) is 15.4 Å². The van der Waals surface area contributed by atoms with E-state index >= 15 is 0 Å². The molecule has 1 heterocycles. The van der Waals surface area contributed by atoms with Crippen LogP contribution in [0.25, 0.3) is 16.3 Å². The fourth-order valence-corrected chi connectivity index (χ4v) is 3.12. The Hall–Kier alpha value is -3.11. The van der Waals surface area contributed by atoms with E-state index in [1.165, 1.54) is 20.1 Å². The first-order valence-corrected chi connectivity index (χ1v) is 9.81. The number of aliphatic hydroxyl groups is 1. The van der Waals surface area contributed by atoms with E-state index in [-0.39, 0.29) is 17.5 Å². The minimum atomic E-state index is -4.70. The van der Waals surface area contributed by atoms with E-state index in [4.69, 9.17) is 15.3 Å². The lowest BCUT2D eigenvalue weighted by molar-refractivity contribution is -0.160. The van der Waals surface area contributed by atoms with E-state index in [0.717, 1.165) is 29.1 Å². The summed E-state index contributed by atoms with van der Waals surface area (Å²) in [4.78, 5) is 8.19. The minimum Gasteiger partial charge on any atom is -0.418 e. The molecule has 8 nitrogen and oxygen atoms in total. The Balaban J connectivity index is 1.83. The van der Waals surface area contributed by atoms with Gasteiger partial charge >= 0.3 is 6.18 Å². The van der Waals surface area contributed by atoms with Crippen molar-refractivity contribution in [2.75, 3.05) is 12.4 Å². The molecule has 0 spiro atoms. The number of nitrogens with zero attached hydrogens (tertiary/aromatic N) is 3. The van der Waals surface area contributed by atoms with Crippen molar-refractivity contribution in [1.29, 1.82) is 0 Å². The molecule has 1 aromatic heterocycles. The Morgan fingerprint density at radius 1 is 1.19 bits per heavy atom. The van der Waals surface area contributed by atoms with Crippen LogP contribution in [0, 0.1) is 6.57 Å². The van der Waals surface area contributed by atoms with Crippen molar-refractivity contribution in [3.63, 3.8) is 0 Å². The summed E-state index contributed by atoms with van der Waals surface area (Å²) in [5, 5.41) is 20.8. The van der Waals surface area contributed by atoms with Gasteiger partial charge in [-0.15, -0.1) is 10.2 Å². The summed E-state index contributed by atoms with van der Waals surface area (Å²) in [6.45, 7) is 8.36. The maximum absolute atomic E-state index is 13.2. The summed E-state index contributed by atoms with van der Waals surface area (Å²) < 4.78 is 50.2. The van der Waals surface area contributed by atoms with Gasteiger partial charge in [0.2, 0.25) is 11.8 Å². The number of halogens is 3. The second-order valence-corrected chi connectivity index (χ2v) is 7.27. The summed E-state index contributed by atoms with van der Waals surface area (Å²) in [6, 6.07) is 9.09. The first-order valence-electron chi connectivity index (χ1n) is 9.07. The van der Waals surface area contributed by atoms with Crippen LogP contribution in [0.15, 0.2) is 51.8 Å². The van der Waals surface area contributed by atoms with Gasteiger partial charge in [0.15, 0.2) is 5.69 Å². The van der Waals surface area contributed by atoms with Crippen LogP contribution in [0.5, 0.6) is 0 Å². The van der Waals surface area contributed by atoms with E-state index in [1.807, 2.05) is 0 Å². The molecular weight excluding hydrogens is 449 g/mol. The Morgan fingerprint density at radius 2 is 1.91 bits per heavy atom. The highest BCUT2D eigenvalue weighted by Crippen LogP contribution is 2.39. The molecule has 0 saturated carbocycles. The maximum Gasteiger partial charge on any atom is 0.407 e. The molecule has 3 rings (SSSR count). The SMILES string of the molecule is [C-]#[N+]c1ccc(N[C@@H](c2nnc(-c3ccc(SOOC)cc3)o2)C(C)O)cc1C(F)(F)F. The van der Waals surface area contributed by atoms with Crippen molar-refractivity contribution in [3.8, 4) is 11.5 Å². The molecule has 12 heteroatoms. The average Bonchev–Trinajstić information content (AvgIpc) is 3.25. The highest BCUT2D eigenvalue weighted by molar-refractivity contribution is 7.94. The molecule has 168 valence electrons. The summed E-state index contributed by atoms with van der Waals surface area (Å²) in [5.41, 5.74) is -0.969. The van der Waals surface area contributed by atoms with Gasteiger partial charge in [0.05, 0.1) is 37.4 Å². The highest BCUT2D eigenvalue weighted by atomic mass is 32.2. The summed E-state index contributed by atoms with van der Waals surface area (Å²) in [7, 11) is 1.39. The van der Waals surface area contributed by atoms with Crippen LogP contribution < -0.4 is 5.32 Å². The number of hydrogen-bond acceptors (Lipinski definition) is 8. The summed E-state index contributed by atoms with van der Waals surface area (Å²) in [6.07, 6.45) is -5.78. The predicted octanol–water partition coefficient (Wildman–Crippen LogP) is 5.43.